The fourth-order valence-corrected chi connectivity index (χ4v) is 3.54. The number of carbonyl (C=O) groups excluding carboxylic acids is 1. The molecule has 9 heteroatoms. The van der Waals surface area contributed by atoms with Gasteiger partial charge in [0.1, 0.15) is 5.69 Å². The lowest BCUT2D eigenvalue weighted by molar-refractivity contribution is 0.0961. The molecule has 9 nitrogen and oxygen atoms in total. The highest BCUT2D eigenvalue weighted by Crippen LogP contribution is 2.23. The molecule has 2 aromatic carbocycles. The molecule has 3 aromatic heterocycles. The standard InChI is InChI=1S/C26H23N7O2/c1-17-3-7-19(8-4-17)15-33-16-22(23(31-33)20-9-5-18(2)6-10-20)25(34)29-30-26-28-24(32-35-26)21-11-13-27-14-12-21/h3-14,16H,15H2,1-2H3,(H,29,34)(H,28,30,32). The summed E-state index contributed by atoms with van der Waals surface area (Å²) in [6.07, 6.45) is 5.02. The first-order chi connectivity index (χ1) is 17.0. The Kier molecular flexibility index (Phi) is 6.04. The van der Waals surface area contributed by atoms with Crippen LogP contribution >= 0.6 is 0 Å². The lowest BCUT2D eigenvalue weighted by Gasteiger charge is -2.05. The first-order valence-electron chi connectivity index (χ1n) is 11.1. The van der Waals surface area contributed by atoms with Crippen molar-refractivity contribution in [3.8, 4) is 22.6 Å². The van der Waals surface area contributed by atoms with Crippen LogP contribution in [0.15, 0.2) is 83.8 Å². The Morgan fingerprint density at radius 2 is 1.60 bits per heavy atom. The first-order valence-corrected chi connectivity index (χ1v) is 11.1. The van der Waals surface area contributed by atoms with Gasteiger partial charge in [-0.3, -0.25) is 19.9 Å². The van der Waals surface area contributed by atoms with Gasteiger partial charge in [0.15, 0.2) is 0 Å². The zero-order valence-electron chi connectivity index (χ0n) is 19.3. The monoisotopic (exact) mass is 465 g/mol. The Morgan fingerprint density at radius 3 is 2.31 bits per heavy atom. The number of anilines is 1. The molecule has 0 saturated carbocycles. The summed E-state index contributed by atoms with van der Waals surface area (Å²) in [4.78, 5) is 21.4. The van der Waals surface area contributed by atoms with Crippen LogP contribution in [0.1, 0.15) is 27.0 Å². The molecule has 35 heavy (non-hydrogen) atoms. The minimum Gasteiger partial charge on any atom is -0.313 e. The van der Waals surface area contributed by atoms with Crippen molar-refractivity contribution < 1.29 is 9.32 Å². The number of hydrazine groups is 1. The summed E-state index contributed by atoms with van der Waals surface area (Å²) in [6.45, 7) is 4.60. The number of hydrogen-bond acceptors (Lipinski definition) is 7. The van der Waals surface area contributed by atoms with Crippen molar-refractivity contribution in [2.45, 2.75) is 20.4 Å². The van der Waals surface area contributed by atoms with Gasteiger partial charge in [0.05, 0.1) is 12.1 Å². The molecule has 0 aliphatic rings. The molecule has 3 heterocycles. The van der Waals surface area contributed by atoms with Crippen LogP contribution in [0.25, 0.3) is 22.6 Å². The van der Waals surface area contributed by atoms with E-state index >= 15 is 0 Å². The molecule has 0 unspecified atom stereocenters. The van der Waals surface area contributed by atoms with Crippen LogP contribution in [-0.4, -0.2) is 30.8 Å². The molecular formula is C26H23N7O2. The van der Waals surface area contributed by atoms with E-state index in [4.69, 9.17) is 9.62 Å². The van der Waals surface area contributed by atoms with Crippen LogP contribution < -0.4 is 10.9 Å². The maximum absolute atomic E-state index is 13.1. The van der Waals surface area contributed by atoms with Crippen molar-refractivity contribution in [1.29, 1.82) is 0 Å². The number of aryl methyl sites for hydroxylation is 2. The number of nitrogens with zero attached hydrogens (tertiary/aromatic N) is 5. The van der Waals surface area contributed by atoms with Crippen LogP contribution in [0.2, 0.25) is 0 Å². The molecular weight excluding hydrogens is 442 g/mol. The summed E-state index contributed by atoms with van der Waals surface area (Å²) in [6, 6.07) is 19.7. The van der Waals surface area contributed by atoms with Crippen LogP contribution in [0.5, 0.6) is 0 Å². The molecule has 0 radical (unpaired) electrons. The quantitative estimate of drug-likeness (QED) is 0.342. The molecule has 1 amide bonds. The normalized spacial score (nSPS) is 10.8. The van der Waals surface area contributed by atoms with Gasteiger partial charge in [0.2, 0.25) is 5.82 Å². The number of benzene rings is 2. The predicted molar refractivity (Wildman–Crippen MR) is 131 cm³/mol. The highest BCUT2D eigenvalue weighted by atomic mass is 16.5. The van der Waals surface area contributed by atoms with Gasteiger partial charge in [-0.25, -0.2) is 5.43 Å². The molecule has 2 N–H and O–H groups in total. The summed E-state index contributed by atoms with van der Waals surface area (Å²) >= 11 is 0. The Labute approximate surface area is 201 Å². The zero-order chi connectivity index (χ0) is 24.2. The van der Waals surface area contributed by atoms with Crippen LogP contribution in [0, 0.1) is 13.8 Å². The van der Waals surface area contributed by atoms with Gasteiger partial charge in [-0.2, -0.15) is 10.1 Å². The largest absolute Gasteiger partial charge is 0.340 e. The van der Waals surface area contributed by atoms with Crippen LogP contribution in [0.4, 0.5) is 6.01 Å². The number of nitrogens with one attached hydrogen (secondary N) is 2. The van der Waals surface area contributed by atoms with E-state index in [1.807, 2.05) is 38.1 Å². The van der Waals surface area contributed by atoms with Gasteiger partial charge in [-0.1, -0.05) is 64.8 Å². The number of carbonyl (C=O) groups is 1. The zero-order valence-corrected chi connectivity index (χ0v) is 19.3. The Bertz CT molecular complexity index is 1440. The van der Waals surface area contributed by atoms with E-state index in [9.17, 15) is 4.79 Å². The highest BCUT2D eigenvalue weighted by Gasteiger charge is 2.19. The van der Waals surface area contributed by atoms with Crippen molar-refractivity contribution in [3.05, 3.63) is 102 Å². The Balaban J connectivity index is 1.37. The molecule has 174 valence electrons. The summed E-state index contributed by atoms with van der Waals surface area (Å²) in [7, 11) is 0. The lowest BCUT2D eigenvalue weighted by atomic mass is 10.1. The average Bonchev–Trinajstić information content (AvgIpc) is 3.53. The summed E-state index contributed by atoms with van der Waals surface area (Å²) in [5, 5.41) is 8.64. The maximum atomic E-state index is 13.1. The second-order valence-corrected chi connectivity index (χ2v) is 8.18. The van der Waals surface area contributed by atoms with Crippen molar-refractivity contribution in [3.63, 3.8) is 0 Å². The van der Waals surface area contributed by atoms with E-state index in [1.165, 1.54) is 5.56 Å². The smallest absolute Gasteiger partial charge is 0.313 e. The summed E-state index contributed by atoms with van der Waals surface area (Å²) < 4.78 is 6.97. The van der Waals surface area contributed by atoms with Crippen molar-refractivity contribution in [2.75, 3.05) is 5.43 Å². The van der Waals surface area contributed by atoms with Crippen LogP contribution in [0.3, 0.4) is 0 Å². The number of hydrogen-bond donors (Lipinski definition) is 2. The molecule has 5 rings (SSSR count). The fraction of sp³-hybridized carbons (Fsp3) is 0.115. The number of rotatable bonds is 7. The minimum atomic E-state index is -0.376. The van der Waals surface area contributed by atoms with E-state index < -0.39 is 0 Å². The van der Waals surface area contributed by atoms with Crippen LogP contribution in [-0.2, 0) is 6.54 Å². The molecule has 0 saturated heterocycles. The number of pyridine rings is 1. The number of amides is 1. The van der Waals surface area contributed by atoms with Gasteiger partial charge in [0.25, 0.3) is 5.91 Å². The van der Waals surface area contributed by atoms with E-state index in [0.29, 0.717) is 23.6 Å². The number of aromatic nitrogens is 5. The minimum absolute atomic E-state index is 0.0640. The molecule has 0 fully saturated rings. The molecule has 0 atom stereocenters. The Morgan fingerprint density at radius 1 is 0.914 bits per heavy atom. The summed E-state index contributed by atoms with van der Waals surface area (Å²) in [5.41, 5.74) is 11.3. The lowest BCUT2D eigenvalue weighted by Crippen LogP contribution is -2.29. The molecule has 0 aliphatic carbocycles. The third-order valence-electron chi connectivity index (χ3n) is 5.44. The predicted octanol–water partition coefficient (Wildman–Crippen LogP) is 4.42. The molecule has 0 spiro atoms. The third kappa shape index (κ3) is 5.09. The van der Waals surface area contributed by atoms with E-state index in [1.54, 1.807) is 35.4 Å². The molecule has 0 aliphatic heterocycles. The second kappa shape index (κ2) is 9.60. The van der Waals surface area contributed by atoms with Gasteiger partial charge in [0, 0.05) is 29.7 Å². The fourth-order valence-electron chi connectivity index (χ4n) is 3.54. The molecule has 5 aromatic rings. The van der Waals surface area contributed by atoms with Gasteiger partial charge in [-0.15, -0.1) is 0 Å². The van der Waals surface area contributed by atoms with Crippen molar-refractivity contribution in [1.82, 2.24) is 30.3 Å². The third-order valence-corrected chi connectivity index (χ3v) is 5.44. The maximum Gasteiger partial charge on any atom is 0.340 e. The molecule has 0 bridgehead atoms. The van der Waals surface area contributed by atoms with Crippen molar-refractivity contribution >= 4 is 11.9 Å². The van der Waals surface area contributed by atoms with Gasteiger partial charge >= 0.3 is 6.01 Å². The summed E-state index contributed by atoms with van der Waals surface area (Å²) in [5.74, 6) is 0.00908. The average molecular weight is 466 g/mol. The van der Waals surface area contributed by atoms with Gasteiger partial charge < -0.3 is 4.52 Å². The Hall–Kier alpha value is -4.79. The van der Waals surface area contributed by atoms with Gasteiger partial charge in [-0.05, 0) is 31.5 Å². The van der Waals surface area contributed by atoms with E-state index in [2.05, 4.69) is 50.2 Å². The topological polar surface area (TPSA) is 111 Å². The second-order valence-electron chi connectivity index (χ2n) is 8.18. The SMILES string of the molecule is Cc1ccc(Cn2cc(C(=O)NNc3nc(-c4ccncc4)no3)c(-c3ccc(C)cc3)n2)cc1. The first kappa shape index (κ1) is 22.0. The van der Waals surface area contributed by atoms with E-state index in [0.717, 1.165) is 22.3 Å². The van der Waals surface area contributed by atoms with E-state index in [-0.39, 0.29) is 11.9 Å². The van der Waals surface area contributed by atoms with Crippen molar-refractivity contribution in [2.24, 2.45) is 0 Å². The highest BCUT2D eigenvalue weighted by molar-refractivity contribution is 6.00.